The smallest absolute Gasteiger partial charge is 0.0409 e. The third kappa shape index (κ3) is 1.56. The molecule has 1 aliphatic rings. The maximum absolute atomic E-state index is 6.22. The van der Waals surface area contributed by atoms with Crippen LogP contribution in [0.15, 0.2) is 24.3 Å². The fourth-order valence-electron chi connectivity index (χ4n) is 1.96. The molecule has 0 aliphatic heterocycles. The van der Waals surface area contributed by atoms with E-state index in [0.717, 1.165) is 12.8 Å². The first-order chi connectivity index (χ1) is 6.62. The zero-order chi connectivity index (χ0) is 10.2. The summed E-state index contributed by atoms with van der Waals surface area (Å²) in [5.74, 6) is 0. The van der Waals surface area contributed by atoms with Gasteiger partial charge in [0, 0.05) is 11.6 Å². The van der Waals surface area contributed by atoms with Crippen molar-refractivity contribution in [1.82, 2.24) is 0 Å². The summed E-state index contributed by atoms with van der Waals surface area (Å²) in [5, 5.41) is 0. The highest BCUT2D eigenvalue weighted by molar-refractivity contribution is 5.31. The third-order valence-electron chi connectivity index (χ3n) is 3.26. The molecule has 0 aromatic heterocycles. The van der Waals surface area contributed by atoms with Crippen molar-refractivity contribution < 1.29 is 0 Å². The molecule has 0 unspecified atom stereocenters. The minimum absolute atomic E-state index is 0.0453. The molecular formula is C12H18N2. The zero-order valence-corrected chi connectivity index (χ0v) is 8.66. The number of nitrogens with two attached hydrogens (primary N) is 2. The molecule has 1 aliphatic carbocycles. The topological polar surface area (TPSA) is 52.0 Å². The van der Waals surface area contributed by atoms with Crippen molar-refractivity contribution >= 4 is 0 Å². The molecule has 0 heterocycles. The molecule has 0 radical (unpaired) electrons. The van der Waals surface area contributed by atoms with Crippen LogP contribution in [-0.4, -0.2) is 0 Å². The summed E-state index contributed by atoms with van der Waals surface area (Å²) in [6.45, 7) is 2.00. The highest BCUT2D eigenvalue weighted by atomic mass is 14.8. The Morgan fingerprint density at radius 2 is 1.79 bits per heavy atom. The van der Waals surface area contributed by atoms with Crippen molar-refractivity contribution in [1.29, 1.82) is 0 Å². The van der Waals surface area contributed by atoms with E-state index in [1.54, 1.807) is 0 Å². The molecule has 1 saturated carbocycles. The molecule has 1 fully saturated rings. The normalized spacial score (nSPS) is 21.4. The summed E-state index contributed by atoms with van der Waals surface area (Å²) in [6.07, 6.45) is 3.49. The van der Waals surface area contributed by atoms with E-state index in [9.17, 15) is 0 Å². The van der Waals surface area contributed by atoms with Crippen LogP contribution in [0, 0.1) is 0 Å². The molecular weight excluding hydrogens is 172 g/mol. The standard InChI is InChI=1S/C12H18N2/c1-9(13)10-3-5-11(6-4-10)12(14)7-2-8-12/h3-6,9H,2,7-8,13-14H2,1H3/t9-/m0/s1. The van der Waals surface area contributed by atoms with E-state index in [4.69, 9.17) is 11.5 Å². The number of hydrogen-bond acceptors (Lipinski definition) is 2. The van der Waals surface area contributed by atoms with Gasteiger partial charge in [0.25, 0.3) is 0 Å². The van der Waals surface area contributed by atoms with Gasteiger partial charge in [-0.25, -0.2) is 0 Å². The molecule has 0 amide bonds. The Morgan fingerprint density at radius 1 is 1.21 bits per heavy atom. The molecule has 2 rings (SSSR count). The molecule has 76 valence electrons. The summed E-state index contributed by atoms with van der Waals surface area (Å²) in [5.41, 5.74) is 14.4. The average molecular weight is 190 g/mol. The lowest BCUT2D eigenvalue weighted by atomic mass is 9.72. The maximum atomic E-state index is 6.22. The van der Waals surface area contributed by atoms with Gasteiger partial charge < -0.3 is 11.5 Å². The van der Waals surface area contributed by atoms with Crippen LogP contribution in [-0.2, 0) is 5.54 Å². The average Bonchev–Trinajstić information content (AvgIpc) is 2.14. The number of hydrogen-bond donors (Lipinski definition) is 2. The molecule has 1 aromatic carbocycles. The SMILES string of the molecule is C[C@H](N)c1ccc(C2(N)CCC2)cc1. The maximum Gasteiger partial charge on any atom is 0.0409 e. The Balaban J connectivity index is 2.21. The summed E-state index contributed by atoms with van der Waals surface area (Å²) in [6, 6.07) is 8.54. The Hall–Kier alpha value is -0.860. The van der Waals surface area contributed by atoms with Gasteiger partial charge in [-0.2, -0.15) is 0 Å². The van der Waals surface area contributed by atoms with Crippen LogP contribution in [0.4, 0.5) is 0 Å². The van der Waals surface area contributed by atoms with Crippen LogP contribution in [0.1, 0.15) is 43.4 Å². The number of rotatable bonds is 2. The van der Waals surface area contributed by atoms with E-state index in [2.05, 4.69) is 24.3 Å². The molecule has 1 atom stereocenters. The highest BCUT2D eigenvalue weighted by Gasteiger charge is 2.33. The van der Waals surface area contributed by atoms with E-state index < -0.39 is 0 Å². The summed E-state index contributed by atoms with van der Waals surface area (Å²) in [7, 11) is 0. The Bertz CT molecular complexity index is 310. The van der Waals surface area contributed by atoms with Crippen LogP contribution in [0.5, 0.6) is 0 Å². The lowest BCUT2D eigenvalue weighted by Gasteiger charge is -2.38. The quantitative estimate of drug-likeness (QED) is 0.750. The lowest BCUT2D eigenvalue weighted by molar-refractivity contribution is 0.253. The van der Waals surface area contributed by atoms with E-state index in [0.29, 0.717) is 0 Å². The first-order valence-corrected chi connectivity index (χ1v) is 5.27. The first kappa shape index (κ1) is 9.69. The van der Waals surface area contributed by atoms with Crippen LogP contribution in [0.2, 0.25) is 0 Å². The molecule has 2 heteroatoms. The van der Waals surface area contributed by atoms with Crippen LogP contribution >= 0.6 is 0 Å². The van der Waals surface area contributed by atoms with Gasteiger partial charge in [0.2, 0.25) is 0 Å². The minimum Gasteiger partial charge on any atom is -0.324 e. The minimum atomic E-state index is -0.0453. The predicted molar refractivity (Wildman–Crippen MR) is 58.8 cm³/mol. The molecule has 2 nitrogen and oxygen atoms in total. The highest BCUT2D eigenvalue weighted by Crippen LogP contribution is 2.38. The summed E-state index contributed by atoms with van der Waals surface area (Å²) in [4.78, 5) is 0. The van der Waals surface area contributed by atoms with Crippen molar-refractivity contribution in [2.24, 2.45) is 11.5 Å². The van der Waals surface area contributed by atoms with Gasteiger partial charge in [-0.05, 0) is 37.3 Å². The van der Waals surface area contributed by atoms with Crippen molar-refractivity contribution in [2.45, 2.75) is 37.8 Å². The number of benzene rings is 1. The van der Waals surface area contributed by atoms with E-state index in [1.807, 2.05) is 6.92 Å². The predicted octanol–water partition coefficient (Wildman–Crippen LogP) is 2.04. The van der Waals surface area contributed by atoms with Crippen LogP contribution in [0.25, 0.3) is 0 Å². The Kier molecular flexibility index (Phi) is 2.33. The van der Waals surface area contributed by atoms with Crippen molar-refractivity contribution in [2.75, 3.05) is 0 Å². The summed E-state index contributed by atoms with van der Waals surface area (Å²) < 4.78 is 0. The molecule has 0 saturated heterocycles. The summed E-state index contributed by atoms with van der Waals surface area (Å²) >= 11 is 0. The van der Waals surface area contributed by atoms with Gasteiger partial charge in [0.1, 0.15) is 0 Å². The third-order valence-corrected chi connectivity index (χ3v) is 3.26. The van der Waals surface area contributed by atoms with Gasteiger partial charge in [-0.1, -0.05) is 24.3 Å². The second kappa shape index (κ2) is 3.37. The first-order valence-electron chi connectivity index (χ1n) is 5.27. The van der Waals surface area contributed by atoms with E-state index in [-0.39, 0.29) is 11.6 Å². The van der Waals surface area contributed by atoms with Crippen LogP contribution < -0.4 is 11.5 Å². The van der Waals surface area contributed by atoms with Gasteiger partial charge in [0.15, 0.2) is 0 Å². The van der Waals surface area contributed by atoms with Crippen molar-refractivity contribution in [3.63, 3.8) is 0 Å². The zero-order valence-electron chi connectivity index (χ0n) is 8.66. The van der Waals surface area contributed by atoms with Gasteiger partial charge in [-0.15, -0.1) is 0 Å². The molecule has 4 N–H and O–H groups in total. The van der Waals surface area contributed by atoms with Gasteiger partial charge in [-0.3, -0.25) is 0 Å². The lowest BCUT2D eigenvalue weighted by Crippen LogP contribution is -2.43. The van der Waals surface area contributed by atoms with Gasteiger partial charge >= 0.3 is 0 Å². The molecule has 0 bridgehead atoms. The monoisotopic (exact) mass is 190 g/mol. The van der Waals surface area contributed by atoms with Crippen molar-refractivity contribution in [3.8, 4) is 0 Å². The Labute approximate surface area is 85.3 Å². The fourth-order valence-corrected chi connectivity index (χ4v) is 1.96. The van der Waals surface area contributed by atoms with Gasteiger partial charge in [0.05, 0.1) is 0 Å². The second-order valence-electron chi connectivity index (χ2n) is 4.42. The second-order valence-corrected chi connectivity index (χ2v) is 4.42. The Morgan fingerprint density at radius 3 is 2.14 bits per heavy atom. The van der Waals surface area contributed by atoms with E-state index >= 15 is 0 Å². The van der Waals surface area contributed by atoms with Crippen molar-refractivity contribution in [3.05, 3.63) is 35.4 Å². The largest absolute Gasteiger partial charge is 0.324 e. The fraction of sp³-hybridized carbons (Fsp3) is 0.500. The molecule has 0 spiro atoms. The van der Waals surface area contributed by atoms with Crippen LogP contribution in [0.3, 0.4) is 0 Å². The van der Waals surface area contributed by atoms with E-state index in [1.165, 1.54) is 17.5 Å². The molecule has 14 heavy (non-hydrogen) atoms. The molecule has 1 aromatic rings.